The van der Waals surface area contributed by atoms with Gasteiger partial charge in [0.1, 0.15) is 0 Å². The zero-order valence-corrected chi connectivity index (χ0v) is 4.68. The van der Waals surface area contributed by atoms with E-state index in [-0.39, 0.29) is 4.65 Å². The summed E-state index contributed by atoms with van der Waals surface area (Å²) in [7, 11) is 1.74. The molecular formula is C5H11NO. The lowest BCUT2D eigenvalue weighted by molar-refractivity contribution is -0.847. The lowest BCUT2D eigenvalue weighted by Gasteiger charge is -2.32. The molecule has 2 heteroatoms. The average molecular weight is 101 g/mol. The summed E-state index contributed by atoms with van der Waals surface area (Å²) in [6.45, 7) is 1.67. The van der Waals surface area contributed by atoms with Crippen LogP contribution in [0.1, 0.15) is 12.8 Å². The van der Waals surface area contributed by atoms with Crippen LogP contribution in [0.5, 0.6) is 0 Å². The van der Waals surface area contributed by atoms with Crippen molar-refractivity contribution in [1.29, 1.82) is 0 Å². The smallest absolute Gasteiger partial charge is 0.0784 e. The average Bonchev–Trinajstić information content (AvgIpc) is 1.84. The molecule has 7 heavy (non-hydrogen) atoms. The van der Waals surface area contributed by atoms with Crippen LogP contribution in [-0.2, 0) is 0 Å². The fourth-order valence-corrected chi connectivity index (χ4v) is 1.00. The molecule has 1 aliphatic heterocycles. The third-order valence-electron chi connectivity index (χ3n) is 1.51. The molecule has 1 heterocycles. The highest BCUT2D eigenvalue weighted by Gasteiger charge is 2.15. The first-order valence-electron chi connectivity index (χ1n) is 2.76. The number of likely N-dealkylation sites (tertiary alicyclic amines) is 1. The molecule has 0 amide bonds. The summed E-state index contributed by atoms with van der Waals surface area (Å²) in [5.41, 5.74) is 0. The van der Waals surface area contributed by atoms with Crippen LogP contribution in [0.2, 0.25) is 0 Å². The molecule has 0 saturated carbocycles. The van der Waals surface area contributed by atoms with Crippen LogP contribution in [0.25, 0.3) is 0 Å². The topological polar surface area (TPSA) is 23.1 Å². The maximum atomic E-state index is 10.8. The minimum atomic E-state index is 0. The van der Waals surface area contributed by atoms with Gasteiger partial charge in [0.2, 0.25) is 0 Å². The standard InChI is InChI=1S/C5H11NO/c1-6(7)4-2-3-5-6/h2-5H2,1H3. The van der Waals surface area contributed by atoms with Crippen molar-refractivity contribution in [3.05, 3.63) is 5.21 Å². The van der Waals surface area contributed by atoms with Gasteiger partial charge >= 0.3 is 0 Å². The first-order chi connectivity index (χ1) is 3.21. The van der Waals surface area contributed by atoms with Crippen LogP contribution in [-0.4, -0.2) is 24.8 Å². The summed E-state index contributed by atoms with van der Waals surface area (Å²) in [6.07, 6.45) is 2.25. The second-order valence-electron chi connectivity index (χ2n) is 2.45. The SMILES string of the molecule is C[N+]1([O-])CCCC1. The van der Waals surface area contributed by atoms with Gasteiger partial charge in [0.25, 0.3) is 0 Å². The van der Waals surface area contributed by atoms with E-state index in [2.05, 4.69) is 0 Å². The zero-order chi connectivity index (χ0) is 5.33. The molecule has 42 valence electrons. The molecule has 0 atom stereocenters. The normalized spacial score (nSPS) is 28.3. The van der Waals surface area contributed by atoms with E-state index < -0.39 is 0 Å². The number of hydrogen-bond donors (Lipinski definition) is 0. The minimum Gasteiger partial charge on any atom is -0.633 e. The molecule has 1 rings (SSSR count). The molecule has 1 saturated heterocycles. The molecule has 0 aromatic carbocycles. The number of rotatable bonds is 0. The second kappa shape index (κ2) is 1.46. The van der Waals surface area contributed by atoms with E-state index >= 15 is 0 Å². The first-order valence-corrected chi connectivity index (χ1v) is 2.76. The van der Waals surface area contributed by atoms with Crippen LogP contribution in [0.4, 0.5) is 0 Å². The van der Waals surface area contributed by atoms with Crippen LogP contribution in [0.3, 0.4) is 0 Å². The maximum Gasteiger partial charge on any atom is 0.0784 e. The first kappa shape index (κ1) is 5.06. The number of quaternary nitrogens is 1. The predicted octanol–water partition coefficient (Wildman–Crippen LogP) is 0.725. The van der Waals surface area contributed by atoms with Gasteiger partial charge in [-0.05, 0) is 0 Å². The van der Waals surface area contributed by atoms with Crippen molar-refractivity contribution in [2.75, 3.05) is 20.1 Å². The number of hydrogen-bond acceptors (Lipinski definition) is 1. The van der Waals surface area contributed by atoms with Gasteiger partial charge < -0.3 is 9.85 Å². The maximum absolute atomic E-state index is 10.8. The van der Waals surface area contributed by atoms with Crippen molar-refractivity contribution in [2.45, 2.75) is 12.8 Å². The lowest BCUT2D eigenvalue weighted by atomic mass is 10.4. The Hall–Kier alpha value is -0.0800. The fraction of sp³-hybridized carbons (Fsp3) is 1.00. The number of nitrogens with zero attached hydrogens (tertiary/aromatic N) is 1. The van der Waals surface area contributed by atoms with Gasteiger partial charge in [-0.15, -0.1) is 0 Å². The van der Waals surface area contributed by atoms with Crippen molar-refractivity contribution in [1.82, 2.24) is 0 Å². The van der Waals surface area contributed by atoms with Crippen molar-refractivity contribution < 1.29 is 4.65 Å². The molecule has 1 aliphatic rings. The summed E-state index contributed by atoms with van der Waals surface area (Å²) in [4.78, 5) is 0. The van der Waals surface area contributed by atoms with Crippen LogP contribution in [0, 0.1) is 5.21 Å². The Bertz CT molecular complexity index is 62.5. The van der Waals surface area contributed by atoms with Gasteiger partial charge in [-0.3, -0.25) is 0 Å². The lowest BCUT2D eigenvalue weighted by Crippen LogP contribution is -2.32. The van der Waals surface area contributed by atoms with Gasteiger partial charge in [0, 0.05) is 12.8 Å². The van der Waals surface area contributed by atoms with E-state index in [1.807, 2.05) is 0 Å². The van der Waals surface area contributed by atoms with Crippen LogP contribution < -0.4 is 0 Å². The van der Waals surface area contributed by atoms with Gasteiger partial charge in [-0.1, -0.05) is 0 Å². The van der Waals surface area contributed by atoms with E-state index in [1.165, 1.54) is 0 Å². The van der Waals surface area contributed by atoms with Crippen molar-refractivity contribution >= 4 is 0 Å². The van der Waals surface area contributed by atoms with Crippen molar-refractivity contribution in [3.63, 3.8) is 0 Å². The number of hydroxylamine groups is 3. The summed E-state index contributed by atoms with van der Waals surface area (Å²) in [6, 6.07) is 0. The molecule has 0 aromatic rings. The van der Waals surface area contributed by atoms with Gasteiger partial charge in [-0.25, -0.2) is 0 Å². The molecule has 1 fully saturated rings. The highest BCUT2D eigenvalue weighted by atomic mass is 16.5. The minimum absolute atomic E-state index is 0. The molecule has 0 unspecified atom stereocenters. The quantitative estimate of drug-likeness (QED) is 0.326. The van der Waals surface area contributed by atoms with Gasteiger partial charge in [0.15, 0.2) is 0 Å². The molecule has 0 N–H and O–H groups in total. The van der Waals surface area contributed by atoms with Gasteiger partial charge in [-0.2, -0.15) is 0 Å². The van der Waals surface area contributed by atoms with E-state index in [9.17, 15) is 5.21 Å². The molecule has 0 bridgehead atoms. The molecular weight excluding hydrogens is 90.1 g/mol. The van der Waals surface area contributed by atoms with Crippen molar-refractivity contribution in [3.8, 4) is 0 Å². The Morgan fingerprint density at radius 2 is 1.71 bits per heavy atom. The highest BCUT2D eigenvalue weighted by Crippen LogP contribution is 2.12. The molecule has 2 nitrogen and oxygen atoms in total. The Labute approximate surface area is 43.9 Å². The molecule has 0 aliphatic carbocycles. The molecule has 0 spiro atoms. The largest absolute Gasteiger partial charge is 0.633 e. The van der Waals surface area contributed by atoms with Crippen LogP contribution >= 0.6 is 0 Å². The van der Waals surface area contributed by atoms with E-state index in [0.717, 1.165) is 25.9 Å². The monoisotopic (exact) mass is 101 g/mol. The third kappa shape index (κ3) is 1.14. The third-order valence-corrected chi connectivity index (χ3v) is 1.51. The Balaban J connectivity index is 2.40. The predicted molar refractivity (Wildman–Crippen MR) is 28.5 cm³/mol. The van der Waals surface area contributed by atoms with Gasteiger partial charge in [0.05, 0.1) is 20.1 Å². The summed E-state index contributed by atoms with van der Waals surface area (Å²) in [5, 5.41) is 10.8. The van der Waals surface area contributed by atoms with Crippen LogP contribution in [0.15, 0.2) is 0 Å². The van der Waals surface area contributed by atoms with E-state index in [4.69, 9.17) is 0 Å². The summed E-state index contributed by atoms with van der Waals surface area (Å²) < 4.78 is 0. The molecule has 0 radical (unpaired) electrons. The zero-order valence-electron chi connectivity index (χ0n) is 4.68. The highest BCUT2D eigenvalue weighted by molar-refractivity contribution is 4.49. The Kier molecular flexibility index (Phi) is 1.05. The Morgan fingerprint density at radius 1 is 1.29 bits per heavy atom. The summed E-state index contributed by atoms with van der Waals surface area (Å²) in [5.74, 6) is 0. The molecule has 0 aromatic heterocycles. The second-order valence-corrected chi connectivity index (χ2v) is 2.45. The Morgan fingerprint density at radius 3 is 1.86 bits per heavy atom. The fourth-order valence-electron chi connectivity index (χ4n) is 1.00. The summed E-state index contributed by atoms with van der Waals surface area (Å²) >= 11 is 0. The van der Waals surface area contributed by atoms with Crippen molar-refractivity contribution in [2.24, 2.45) is 0 Å². The van der Waals surface area contributed by atoms with E-state index in [0.29, 0.717) is 0 Å². The van der Waals surface area contributed by atoms with E-state index in [1.54, 1.807) is 7.05 Å².